The number of methoxy groups -OCH3 is 1. The number of ether oxygens (including phenoxy) is 1. The molecule has 1 saturated heterocycles. The number of piperidine rings is 1. The molecule has 1 fully saturated rings. The first-order valence-electron chi connectivity index (χ1n) is 9.41. The van der Waals surface area contributed by atoms with Gasteiger partial charge < -0.3 is 9.64 Å². The van der Waals surface area contributed by atoms with Gasteiger partial charge in [0.2, 0.25) is 0 Å². The fourth-order valence-electron chi connectivity index (χ4n) is 3.58. The molecule has 0 N–H and O–H groups in total. The molecule has 0 aliphatic carbocycles. The van der Waals surface area contributed by atoms with Crippen LogP contribution in [0.25, 0.3) is 11.3 Å². The van der Waals surface area contributed by atoms with Gasteiger partial charge in [-0.3, -0.25) is 14.8 Å². The molecule has 0 saturated carbocycles. The minimum atomic E-state index is -0.0656. The van der Waals surface area contributed by atoms with E-state index in [0.717, 1.165) is 42.1 Å². The molecule has 0 radical (unpaired) electrons. The molecule has 0 spiro atoms. The van der Waals surface area contributed by atoms with E-state index < -0.39 is 0 Å². The van der Waals surface area contributed by atoms with Crippen LogP contribution in [0, 0.1) is 0 Å². The highest BCUT2D eigenvalue weighted by Gasteiger charge is 2.27. The van der Waals surface area contributed by atoms with Crippen LogP contribution in [-0.2, 0) is 0 Å². The van der Waals surface area contributed by atoms with Crippen LogP contribution in [0.2, 0.25) is 0 Å². The molecule has 1 amide bonds. The molecule has 4 rings (SSSR count). The van der Waals surface area contributed by atoms with Crippen molar-refractivity contribution in [2.45, 2.75) is 18.8 Å². The van der Waals surface area contributed by atoms with Crippen molar-refractivity contribution in [3.05, 3.63) is 72.4 Å². The molecule has 1 aliphatic rings. The molecule has 142 valence electrons. The summed E-state index contributed by atoms with van der Waals surface area (Å²) in [5, 5.41) is 0. The Balaban J connectivity index is 1.53. The number of rotatable bonds is 4. The normalized spacial score (nSPS) is 16.6. The third-order valence-corrected chi connectivity index (χ3v) is 5.07. The zero-order valence-corrected chi connectivity index (χ0v) is 15.8. The number of hydrogen-bond donors (Lipinski definition) is 0. The Morgan fingerprint density at radius 2 is 2.00 bits per heavy atom. The van der Waals surface area contributed by atoms with E-state index >= 15 is 0 Å². The van der Waals surface area contributed by atoms with Crippen molar-refractivity contribution in [2.24, 2.45) is 0 Å². The Labute approximate surface area is 164 Å². The van der Waals surface area contributed by atoms with Gasteiger partial charge in [0.1, 0.15) is 11.4 Å². The smallest absolute Gasteiger partial charge is 0.274 e. The molecule has 3 heterocycles. The first-order valence-corrected chi connectivity index (χ1v) is 9.41. The second kappa shape index (κ2) is 8.17. The maximum absolute atomic E-state index is 12.7. The highest BCUT2D eigenvalue weighted by Crippen LogP contribution is 2.28. The number of likely N-dealkylation sites (tertiary alicyclic amines) is 1. The lowest BCUT2D eigenvalue weighted by Gasteiger charge is -2.32. The van der Waals surface area contributed by atoms with E-state index in [1.54, 1.807) is 19.5 Å². The summed E-state index contributed by atoms with van der Waals surface area (Å²) < 4.78 is 5.23. The molecule has 1 aromatic carbocycles. The number of benzene rings is 1. The molecule has 1 aliphatic heterocycles. The van der Waals surface area contributed by atoms with Gasteiger partial charge in [0, 0.05) is 42.7 Å². The molecular formula is C22H22N4O2. The van der Waals surface area contributed by atoms with Gasteiger partial charge in [-0.05, 0) is 49.2 Å². The average molecular weight is 374 g/mol. The fourth-order valence-corrected chi connectivity index (χ4v) is 3.58. The summed E-state index contributed by atoms with van der Waals surface area (Å²) in [5.41, 5.74) is 3.39. The largest absolute Gasteiger partial charge is 0.497 e. The van der Waals surface area contributed by atoms with Gasteiger partial charge in [-0.2, -0.15) is 0 Å². The molecule has 0 unspecified atom stereocenters. The first-order chi connectivity index (χ1) is 13.7. The molecule has 3 aromatic rings. The predicted molar refractivity (Wildman–Crippen MR) is 106 cm³/mol. The van der Waals surface area contributed by atoms with Gasteiger partial charge in [0.05, 0.1) is 19.0 Å². The van der Waals surface area contributed by atoms with E-state index in [2.05, 4.69) is 9.97 Å². The number of pyridine rings is 1. The summed E-state index contributed by atoms with van der Waals surface area (Å²) in [6, 6.07) is 14.0. The molecule has 0 bridgehead atoms. The number of hydrogen-bond acceptors (Lipinski definition) is 5. The summed E-state index contributed by atoms with van der Waals surface area (Å²) >= 11 is 0. The summed E-state index contributed by atoms with van der Waals surface area (Å²) in [6.45, 7) is 1.39. The summed E-state index contributed by atoms with van der Waals surface area (Å²) in [6.07, 6.45) is 6.61. The van der Waals surface area contributed by atoms with E-state index in [1.165, 1.54) is 6.20 Å². The third-order valence-electron chi connectivity index (χ3n) is 5.07. The van der Waals surface area contributed by atoms with E-state index in [9.17, 15) is 4.79 Å². The van der Waals surface area contributed by atoms with Crippen molar-refractivity contribution in [1.82, 2.24) is 19.9 Å². The van der Waals surface area contributed by atoms with Crippen molar-refractivity contribution < 1.29 is 9.53 Å². The van der Waals surface area contributed by atoms with Crippen LogP contribution >= 0.6 is 0 Å². The molecule has 6 heteroatoms. The van der Waals surface area contributed by atoms with Gasteiger partial charge in [-0.25, -0.2) is 4.98 Å². The summed E-state index contributed by atoms with van der Waals surface area (Å²) in [5.74, 6) is 0.974. The van der Waals surface area contributed by atoms with E-state index in [4.69, 9.17) is 9.72 Å². The monoisotopic (exact) mass is 374 g/mol. The lowest BCUT2D eigenvalue weighted by Crippen LogP contribution is -2.39. The minimum absolute atomic E-state index is 0.0656. The third kappa shape index (κ3) is 3.86. The number of aromatic nitrogens is 3. The Morgan fingerprint density at radius 1 is 1.14 bits per heavy atom. The zero-order chi connectivity index (χ0) is 19.3. The Kier molecular flexibility index (Phi) is 5.28. The maximum atomic E-state index is 12.7. The van der Waals surface area contributed by atoms with Crippen molar-refractivity contribution in [1.29, 1.82) is 0 Å². The fraction of sp³-hybridized carbons (Fsp3) is 0.273. The van der Waals surface area contributed by atoms with Crippen molar-refractivity contribution in [3.63, 3.8) is 0 Å². The molecule has 2 aromatic heterocycles. The number of nitrogens with zero attached hydrogens (tertiary/aromatic N) is 4. The number of carbonyl (C=O) groups excluding carboxylic acids is 1. The summed E-state index contributed by atoms with van der Waals surface area (Å²) in [4.78, 5) is 27.6. The molecule has 6 nitrogen and oxygen atoms in total. The van der Waals surface area contributed by atoms with Gasteiger partial charge in [0.15, 0.2) is 0 Å². The van der Waals surface area contributed by atoms with Crippen LogP contribution in [0.15, 0.2) is 61.1 Å². The van der Waals surface area contributed by atoms with Gasteiger partial charge >= 0.3 is 0 Å². The van der Waals surface area contributed by atoms with Gasteiger partial charge in [0.25, 0.3) is 5.91 Å². The average Bonchev–Trinajstić information content (AvgIpc) is 2.79. The second-order valence-electron chi connectivity index (χ2n) is 6.86. The highest BCUT2D eigenvalue weighted by atomic mass is 16.5. The van der Waals surface area contributed by atoms with E-state index in [-0.39, 0.29) is 11.8 Å². The Morgan fingerprint density at radius 3 is 2.75 bits per heavy atom. The second-order valence-corrected chi connectivity index (χ2v) is 6.86. The molecular weight excluding hydrogens is 352 g/mol. The number of carbonyl (C=O) groups is 1. The lowest BCUT2D eigenvalue weighted by atomic mass is 9.93. The van der Waals surface area contributed by atoms with E-state index in [0.29, 0.717) is 12.2 Å². The van der Waals surface area contributed by atoms with Crippen LogP contribution in [-0.4, -0.2) is 46.0 Å². The molecule has 28 heavy (non-hydrogen) atoms. The standard InChI is InChI=1S/C22H22N4O2/c1-28-18-9-7-16(8-10-18)19-5-2-6-20(25-19)17-4-3-13-26(15-17)22(27)21-14-23-11-12-24-21/h2,5-12,14,17H,3-4,13,15H2,1H3/t17-/m1/s1. The number of amides is 1. The SMILES string of the molecule is COc1ccc(-c2cccc([C@@H]3CCCN(C(=O)c4cnccn4)C3)n2)cc1. The van der Waals surface area contributed by atoms with Crippen molar-refractivity contribution in [3.8, 4) is 17.0 Å². The van der Waals surface area contributed by atoms with Crippen LogP contribution < -0.4 is 4.74 Å². The predicted octanol–water partition coefficient (Wildman–Crippen LogP) is 3.57. The summed E-state index contributed by atoms with van der Waals surface area (Å²) in [7, 11) is 1.66. The van der Waals surface area contributed by atoms with Gasteiger partial charge in [-0.15, -0.1) is 0 Å². The lowest BCUT2D eigenvalue weighted by molar-refractivity contribution is 0.0699. The maximum Gasteiger partial charge on any atom is 0.274 e. The quantitative estimate of drug-likeness (QED) is 0.698. The van der Waals surface area contributed by atoms with Crippen LogP contribution in [0.4, 0.5) is 0 Å². The van der Waals surface area contributed by atoms with Gasteiger partial charge in [-0.1, -0.05) is 6.07 Å². The minimum Gasteiger partial charge on any atom is -0.497 e. The Hall–Kier alpha value is -3.28. The van der Waals surface area contributed by atoms with Crippen molar-refractivity contribution in [2.75, 3.05) is 20.2 Å². The molecule has 1 atom stereocenters. The zero-order valence-electron chi connectivity index (χ0n) is 15.8. The van der Waals surface area contributed by atoms with Crippen LogP contribution in [0.3, 0.4) is 0 Å². The Bertz CT molecular complexity index is 944. The topological polar surface area (TPSA) is 68.2 Å². The van der Waals surface area contributed by atoms with Crippen LogP contribution in [0.5, 0.6) is 5.75 Å². The first kappa shape index (κ1) is 18.1. The van der Waals surface area contributed by atoms with E-state index in [1.807, 2.05) is 47.4 Å². The van der Waals surface area contributed by atoms with Crippen LogP contribution in [0.1, 0.15) is 34.9 Å². The highest BCUT2D eigenvalue weighted by molar-refractivity contribution is 5.92. The van der Waals surface area contributed by atoms with Crippen molar-refractivity contribution >= 4 is 5.91 Å².